The fourth-order valence-corrected chi connectivity index (χ4v) is 4.17. The van der Waals surface area contributed by atoms with Crippen LogP contribution >= 0.6 is 11.3 Å². The Morgan fingerprint density at radius 3 is 2.68 bits per heavy atom. The minimum atomic E-state index is 0.598. The maximum atomic E-state index is 3.75. The van der Waals surface area contributed by atoms with Crippen molar-refractivity contribution in [2.75, 3.05) is 6.54 Å². The van der Waals surface area contributed by atoms with E-state index in [1.54, 1.807) is 4.88 Å². The molecular formula is C17H29NS. The van der Waals surface area contributed by atoms with Gasteiger partial charge in [0, 0.05) is 15.8 Å². The lowest BCUT2D eigenvalue weighted by Crippen LogP contribution is -2.22. The van der Waals surface area contributed by atoms with E-state index in [9.17, 15) is 0 Å². The molecule has 1 aromatic heterocycles. The Morgan fingerprint density at radius 2 is 2.05 bits per heavy atom. The Hall–Kier alpha value is -0.340. The van der Waals surface area contributed by atoms with Gasteiger partial charge in [-0.2, -0.15) is 0 Å². The number of hydrogen-bond donors (Lipinski definition) is 1. The first-order valence-corrected chi connectivity index (χ1v) is 8.91. The fraction of sp³-hybridized carbons (Fsp3) is 0.765. The lowest BCUT2D eigenvalue weighted by Gasteiger charge is -2.24. The highest BCUT2D eigenvalue weighted by Crippen LogP contribution is 2.32. The van der Waals surface area contributed by atoms with Crippen LogP contribution in [0.3, 0.4) is 0 Å². The van der Waals surface area contributed by atoms with Gasteiger partial charge < -0.3 is 5.32 Å². The third kappa shape index (κ3) is 4.92. The lowest BCUT2D eigenvalue weighted by atomic mass is 9.85. The van der Waals surface area contributed by atoms with Crippen LogP contribution in [0.2, 0.25) is 0 Å². The number of aryl methyl sites for hydroxylation is 1. The molecule has 0 amide bonds. The summed E-state index contributed by atoms with van der Waals surface area (Å²) in [6.07, 6.45) is 11.3. The summed E-state index contributed by atoms with van der Waals surface area (Å²) in [5.74, 6) is 1.00. The van der Waals surface area contributed by atoms with Gasteiger partial charge in [0.25, 0.3) is 0 Å². The predicted octanol–water partition coefficient (Wildman–Crippen LogP) is 5.46. The van der Waals surface area contributed by atoms with Crippen LogP contribution in [0, 0.1) is 12.8 Å². The van der Waals surface area contributed by atoms with E-state index in [1.165, 1.54) is 56.2 Å². The molecule has 1 heterocycles. The van der Waals surface area contributed by atoms with Crippen molar-refractivity contribution < 1.29 is 0 Å². The average molecular weight is 279 g/mol. The molecule has 0 saturated heterocycles. The van der Waals surface area contributed by atoms with Crippen molar-refractivity contribution in [3.05, 3.63) is 21.9 Å². The van der Waals surface area contributed by atoms with Crippen LogP contribution in [-0.4, -0.2) is 6.54 Å². The van der Waals surface area contributed by atoms with Crippen molar-refractivity contribution in [1.29, 1.82) is 0 Å². The molecule has 1 atom stereocenters. The molecule has 1 unspecified atom stereocenters. The van der Waals surface area contributed by atoms with E-state index < -0.39 is 0 Å². The smallest absolute Gasteiger partial charge is 0.0414 e. The quantitative estimate of drug-likeness (QED) is 0.699. The monoisotopic (exact) mass is 279 g/mol. The maximum Gasteiger partial charge on any atom is 0.0414 e. The average Bonchev–Trinajstić information content (AvgIpc) is 2.86. The molecule has 1 aromatic rings. The van der Waals surface area contributed by atoms with Gasteiger partial charge in [-0.3, -0.25) is 0 Å². The molecule has 0 spiro atoms. The zero-order chi connectivity index (χ0) is 13.5. The van der Waals surface area contributed by atoms with Crippen molar-refractivity contribution in [1.82, 2.24) is 5.32 Å². The molecule has 0 radical (unpaired) electrons. The van der Waals surface area contributed by atoms with Gasteiger partial charge in [0.05, 0.1) is 0 Å². The second kappa shape index (κ2) is 8.06. The first-order chi connectivity index (χ1) is 9.29. The van der Waals surface area contributed by atoms with E-state index in [2.05, 4.69) is 31.3 Å². The summed E-state index contributed by atoms with van der Waals surface area (Å²) in [6, 6.07) is 5.19. The highest BCUT2D eigenvalue weighted by molar-refractivity contribution is 7.12. The Bertz CT molecular complexity index is 352. The number of nitrogens with one attached hydrogen (secondary N) is 1. The Morgan fingerprint density at radius 1 is 1.26 bits per heavy atom. The second-order valence-electron chi connectivity index (χ2n) is 6.04. The van der Waals surface area contributed by atoms with Crippen LogP contribution in [0.15, 0.2) is 12.1 Å². The van der Waals surface area contributed by atoms with Crippen LogP contribution in [0.5, 0.6) is 0 Å². The van der Waals surface area contributed by atoms with Crippen LogP contribution in [0.1, 0.15) is 74.1 Å². The normalized spacial score (nSPS) is 18.6. The van der Waals surface area contributed by atoms with Gasteiger partial charge in [-0.1, -0.05) is 39.0 Å². The van der Waals surface area contributed by atoms with E-state index in [-0.39, 0.29) is 0 Å². The van der Waals surface area contributed by atoms with Gasteiger partial charge in [0.15, 0.2) is 0 Å². The molecule has 0 aliphatic heterocycles. The molecule has 1 fully saturated rings. The van der Waals surface area contributed by atoms with Gasteiger partial charge in [-0.05, 0) is 50.8 Å². The molecule has 1 N–H and O–H groups in total. The summed E-state index contributed by atoms with van der Waals surface area (Å²) in [4.78, 5) is 2.98. The van der Waals surface area contributed by atoms with Gasteiger partial charge >= 0.3 is 0 Å². The first-order valence-electron chi connectivity index (χ1n) is 8.09. The molecule has 0 bridgehead atoms. The summed E-state index contributed by atoms with van der Waals surface area (Å²) < 4.78 is 0. The maximum absolute atomic E-state index is 3.75. The standard InChI is InChI=1S/C17H29NS/c1-3-13-18-16(17-12-9-14(2)19-17)11-10-15-7-5-4-6-8-15/h9,12,15-16,18H,3-8,10-11,13H2,1-2H3. The third-order valence-electron chi connectivity index (χ3n) is 4.33. The Balaban J connectivity index is 1.86. The molecule has 1 saturated carbocycles. The molecule has 1 aliphatic rings. The summed E-state index contributed by atoms with van der Waals surface area (Å²) in [7, 11) is 0. The molecule has 19 heavy (non-hydrogen) atoms. The summed E-state index contributed by atoms with van der Waals surface area (Å²) >= 11 is 1.97. The SMILES string of the molecule is CCCNC(CCC1CCCCC1)c1ccc(C)s1. The van der Waals surface area contributed by atoms with Crippen molar-refractivity contribution in [2.45, 2.75) is 71.3 Å². The molecular weight excluding hydrogens is 250 g/mol. The number of hydrogen-bond acceptors (Lipinski definition) is 2. The molecule has 108 valence electrons. The van der Waals surface area contributed by atoms with Crippen LogP contribution < -0.4 is 5.32 Å². The largest absolute Gasteiger partial charge is 0.309 e. The molecule has 1 nitrogen and oxygen atoms in total. The number of thiophene rings is 1. The van der Waals surface area contributed by atoms with Gasteiger partial charge in [0.1, 0.15) is 0 Å². The van der Waals surface area contributed by atoms with E-state index in [0.717, 1.165) is 12.5 Å². The topological polar surface area (TPSA) is 12.0 Å². The van der Waals surface area contributed by atoms with E-state index in [1.807, 2.05) is 11.3 Å². The van der Waals surface area contributed by atoms with Crippen LogP contribution in [0.25, 0.3) is 0 Å². The minimum absolute atomic E-state index is 0.598. The molecule has 0 aromatic carbocycles. The number of rotatable bonds is 7. The molecule has 1 aliphatic carbocycles. The first kappa shape index (κ1) is 15.1. The van der Waals surface area contributed by atoms with E-state index in [0.29, 0.717) is 6.04 Å². The summed E-state index contributed by atoms with van der Waals surface area (Å²) in [5, 5.41) is 3.75. The Kier molecular flexibility index (Phi) is 6.39. The van der Waals surface area contributed by atoms with Crippen molar-refractivity contribution in [3.63, 3.8) is 0 Å². The van der Waals surface area contributed by atoms with Crippen molar-refractivity contribution >= 4 is 11.3 Å². The van der Waals surface area contributed by atoms with E-state index in [4.69, 9.17) is 0 Å². The minimum Gasteiger partial charge on any atom is -0.309 e. The lowest BCUT2D eigenvalue weighted by molar-refractivity contribution is 0.315. The van der Waals surface area contributed by atoms with Gasteiger partial charge in [-0.15, -0.1) is 11.3 Å². The van der Waals surface area contributed by atoms with E-state index >= 15 is 0 Å². The van der Waals surface area contributed by atoms with Crippen molar-refractivity contribution in [3.8, 4) is 0 Å². The second-order valence-corrected chi connectivity index (χ2v) is 7.36. The van der Waals surface area contributed by atoms with Crippen molar-refractivity contribution in [2.24, 2.45) is 5.92 Å². The molecule has 2 rings (SSSR count). The van der Waals surface area contributed by atoms with Crippen LogP contribution in [0.4, 0.5) is 0 Å². The summed E-state index contributed by atoms with van der Waals surface area (Å²) in [5.41, 5.74) is 0. The van der Waals surface area contributed by atoms with Gasteiger partial charge in [-0.25, -0.2) is 0 Å². The zero-order valence-electron chi connectivity index (χ0n) is 12.6. The third-order valence-corrected chi connectivity index (χ3v) is 5.45. The van der Waals surface area contributed by atoms with Crippen LogP contribution in [-0.2, 0) is 0 Å². The highest BCUT2D eigenvalue weighted by atomic mass is 32.1. The highest BCUT2D eigenvalue weighted by Gasteiger charge is 2.17. The Labute approximate surface area is 122 Å². The fourth-order valence-electron chi connectivity index (χ4n) is 3.18. The molecule has 2 heteroatoms. The van der Waals surface area contributed by atoms with Gasteiger partial charge in [0.2, 0.25) is 0 Å². The predicted molar refractivity (Wildman–Crippen MR) is 85.9 cm³/mol. The zero-order valence-corrected chi connectivity index (χ0v) is 13.4. The summed E-state index contributed by atoms with van der Waals surface area (Å²) in [6.45, 7) is 5.61.